The third-order valence-electron chi connectivity index (χ3n) is 1.83. The molecule has 1 heterocycles. The molecule has 92 valence electrons. The van der Waals surface area contributed by atoms with E-state index in [1.165, 1.54) is 28.9 Å². The summed E-state index contributed by atoms with van der Waals surface area (Å²) in [5.41, 5.74) is 5.71. The third-order valence-corrected chi connectivity index (χ3v) is 2.67. The molecule has 0 radical (unpaired) electrons. The van der Waals surface area contributed by atoms with Crippen molar-refractivity contribution in [1.82, 2.24) is 14.9 Å². The molecule has 17 heavy (non-hydrogen) atoms. The van der Waals surface area contributed by atoms with Gasteiger partial charge in [0.2, 0.25) is 5.91 Å². The van der Waals surface area contributed by atoms with E-state index in [-0.39, 0.29) is 17.5 Å². The van der Waals surface area contributed by atoms with Crippen molar-refractivity contribution in [3.05, 3.63) is 18.0 Å². The first-order valence-electron chi connectivity index (χ1n) is 4.68. The zero-order valence-corrected chi connectivity index (χ0v) is 10.3. The van der Waals surface area contributed by atoms with E-state index in [4.69, 9.17) is 10.9 Å². The van der Waals surface area contributed by atoms with E-state index in [0.717, 1.165) is 0 Å². The number of hydrogen-bond donors (Lipinski definition) is 2. The van der Waals surface area contributed by atoms with Crippen LogP contribution in [0.2, 0.25) is 0 Å². The number of amidine groups is 1. The number of hydrogen-bond acceptors (Lipinski definition) is 6. The smallest absolute Gasteiger partial charge is 0.232 e. The fourth-order valence-electron chi connectivity index (χ4n) is 0.860. The first-order chi connectivity index (χ1) is 8.04. The summed E-state index contributed by atoms with van der Waals surface area (Å²) < 4.78 is 0. The Morgan fingerprint density at radius 1 is 1.65 bits per heavy atom. The van der Waals surface area contributed by atoms with Crippen molar-refractivity contribution in [3.8, 4) is 0 Å². The Morgan fingerprint density at radius 2 is 2.35 bits per heavy atom. The molecule has 1 amide bonds. The van der Waals surface area contributed by atoms with E-state index < -0.39 is 0 Å². The average Bonchev–Trinajstić information content (AvgIpc) is 2.35. The number of amides is 1. The summed E-state index contributed by atoms with van der Waals surface area (Å²) in [6.45, 7) is 0. The third kappa shape index (κ3) is 3.91. The monoisotopic (exact) mass is 255 g/mol. The number of aromatic nitrogens is 2. The summed E-state index contributed by atoms with van der Waals surface area (Å²) in [5, 5.41) is 11.8. The number of rotatable bonds is 4. The largest absolute Gasteiger partial charge is 0.409 e. The van der Waals surface area contributed by atoms with E-state index in [0.29, 0.717) is 10.9 Å². The fraction of sp³-hybridized carbons (Fsp3) is 0.333. The second kappa shape index (κ2) is 6.04. The Balaban J connectivity index is 2.70. The predicted octanol–water partition coefficient (Wildman–Crippen LogP) is -0.249. The zero-order chi connectivity index (χ0) is 12.8. The topological polar surface area (TPSA) is 105 Å². The quantitative estimate of drug-likeness (QED) is 0.192. The minimum absolute atomic E-state index is 0.0344. The van der Waals surface area contributed by atoms with Gasteiger partial charge in [0, 0.05) is 20.3 Å². The number of nitrogens with two attached hydrogens (primary N) is 1. The highest BCUT2D eigenvalue weighted by Crippen LogP contribution is 2.12. The van der Waals surface area contributed by atoms with Crippen molar-refractivity contribution < 1.29 is 10.0 Å². The number of carbonyl (C=O) groups excluding carboxylic acids is 1. The molecule has 1 aromatic heterocycles. The first-order valence-corrected chi connectivity index (χ1v) is 5.67. The molecule has 0 unspecified atom stereocenters. The molecule has 7 nitrogen and oxygen atoms in total. The van der Waals surface area contributed by atoms with Crippen LogP contribution in [0.4, 0.5) is 0 Å². The van der Waals surface area contributed by atoms with Gasteiger partial charge in [-0.3, -0.25) is 4.79 Å². The van der Waals surface area contributed by atoms with Crippen LogP contribution in [-0.4, -0.2) is 51.7 Å². The number of carbonyl (C=O) groups is 1. The second-order valence-corrected chi connectivity index (χ2v) is 4.23. The van der Waals surface area contributed by atoms with Gasteiger partial charge in [-0.15, -0.1) is 0 Å². The molecule has 0 bridgehead atoms. The highest BCUT2D eigenvalue weighted by Gasteiger charge is 2.08. The molecule has 0 saturated heterocycles. The first kappa shape index (κ1) is 13.2. The van der Waals surface area contributed by atoms with Crippen LogP contribution < -0.4 is 5.73 Å². The van der Waals surface area contributed by atoms with Gasteiger partial charge in [-0.05, 0) is 6.07 Å². The van der Waals surface area contributed by atoms with Crippen LogP contribution in [0.5, 0.6) is 0 Å². The van der Waals surface area contributed by atoms with Crippen LogP contribution in [0.1, 0.15) is 5.69 Å². The lowest BCUT2D eigenvalue weighted by Crippen LogP contribution is -2.23. The van der Waals surface area contributed by atoms with Gasteiger partial charge < -0.3 is 15.8 Å². The Morgan fingerprint density at radius 3 is 2.94 bits per heavy atom. The Labute approximate surface area is 103 Å². The van der Waals surface area contributed by atoms with Gasteiger partial charge >= 0.3 is 0 Å². The van der Waals surface area contributed by atoms with Crippen molar-refractivity contribution in [3.63, 3.8) is 0 Å². The van der Waals surface area contributed by atoms with E-state index in [1.54, 1.807) is 14.1 Å². The molecule has 0 atom stereocenters. The van der Waals surface area contributed by atoms with Crippen LogP contribution in [0.25, 0.3) is 0 Å². The average molecular weight is 255 g/mol. The van der Waals surface area contributed by atoms with Gasteiger partial charge in [0.05, 0.1) is 5.75 Å². The van der Waals surface area contributed by atoms with E-state index in [2.05, 4.69) is 15.1 Å². The molecule has 0 aliphatic rings. The maximum Gasteiger partial charge on any atom is 0.232 e. The molecule has 3 N–H and O–H groups in total. The molecular formula is C9H13N5O2S. The van der Waals surface area contributed by atoms with E-state index >= 15 is 0 Å². The summed E-state index contributed by atoms with van der Waals surface area (Å²) in [5.74, 6) is 0.119. The highest BCUT2D eigenvalue weighted by atomic mass is 32.2. The SMILES string of the molecule is CN(C)C(=O)CSc1nccc(/C(N)=N/O)n1. The summed E-state index contributed by atoms with van der Waals surface area (Å²) in [7, 11) is 3.35. The van der Waals surface area contributed by atoms with Crippen LogP contribution in [0, 0.1) is 0 Å². The molecule has 0 aliphatic heterocycles. The summed E-state index contributed by atoms with van der Waals surface area (Å²) in [4.78, 5) is 20.9. The number of oxime groups is 1. The van der Waals surface area contributed by atoms with Gasteiger partial charge in [-0.25, -0.2) is 9.97 Å². The lowest BCUT2D eigenvalue weighted by Gasteiger charge is -2.08. The van der Waals surface area contributed by atoms with Crippen molar-refractivity contribution in [1.29, 1.82) is 0 Å². The van der Waals surface area contributed by atoms with Crippen LogP contribution in [0.3, 0.4) is 0 Å². The van der Waals surface area contributed by atoms with E-state index in [1.807, 2.05) is 0 Å². The van der Waals surface area contributed by atoms with E-state index in [9.17, 15) is 4.79 Å². The maximum atomic E-state index is 11.4. The van der Waals surface area contributed by atoms with Crippen molar-refractivity contribution in [2.75, 3.05) is 19.8 Å². The minimum atomic E-state index is -0.0896. The molecule has 0 aliphatic carbocycles. The van der Waals surface area contributed by atoms with Crippen LogP contribution >= 0.6 is 11.8 Å². The number of thioether (sulfide) groups is 1. The van der Waals surface area contributed by atoms with Gasteiger partial charge in [0.25, 0.3) is 0 Å². The molecule has 0 aromatic carbocycles. The molecular weight excluding hydrogens is 242 g/mol. The summed E-state index contributed by atoms with van der Waals surface area (Å²) >= 11 is 1.19. The summed E-state index contributed by atoms with van der Waals surface area (Å²) in [6, 6.07) is 1.52. The highest BCUT2D eigenvalue weighted by molar-refractivity contribution is 7.99. The molecule has 1 rings (SSSR count). The van der Waals surface area contributed by atoms with Crippen molar-refractivity contribution in [2.24, 2.45) is 10.9 Å². The van der Waals surface area contributed by atoms with Crippen molar-refractivity contribution >= 4 is 23.5 Å². The Kier molecular flexibility index (Phi) is 4.70. The molecule has 0 spiro atoms. The normalized spacial score (nSPS) is 11.3. The summed E-state index contributed by atoms with van der Waals surface area (Å²) in [6.07, 6.45) is 1.49. The fourth-order valence-corrected chi connectivity index (χ4v) is 1.67. The second-order valence-electron chi connectivity index (χ2n) is 3.29. The predicted molar refractivity (Wildman–Crippen MR) is 64.0 cm³/mol. The zero-order valence-electron chi connectivity index (χ0n) is 9.49. The van der Waals surface area contributed by atoms with Gasteiger partial charge in [-0.2, -0.15) is 0 Å². The molecule has 0 fully saturated rings. The van der Waals surface area contributed by atoms with Crippen molar-refractivity contribution in [2.45, 2.75) is 5.16 Å². The molecule has 1 aromatic rings. The molecule has 8 heteroatoms. The lowest BCUT2D eigenvalue weighted by molar-refractivity contribution is -0.125. The standard InChI is InChI=1S/C9H13N5O2S/c1-14(2)7(15)5-17-9-11-4-3-6(12-9)8(10)13-16/h3-4,16H,5H2,1-2H3,(H2,10,13). The Hall–Kier alpha value is -1.83. The Bertz CT molecular complexity index is 435. The van der Waals surface area contributed by atoms with Gasteiger partial charge in [-0.1, -0.05) is 16.9 Å². The van der Waals surface area contributed by atoms with Gasteiger partial charge in [0.15, 0.2) is 11.0 Å². The number of nitrogens with zero attached hydrogens (tertiary/aromatic N) is 4. The lowest BCUT2D eigenvalue weighted by atomic mass is 10.4. The van der Waals surface area contributed by atoms with Gasteiger partial charge in [0.1, 0.15) is 5.69 Å². The van der Waals surface area contributed by atoms with Crippen LogP contribution in [0.15, 0.2) is 22.6 Å². The maximum absolute atomic E-state index is 11.4. The van der Waals surface area contributed by atoms with Crippen LogP contribution in [-0.2, 0) is 4.79 Å². The molecule has 0 saturated carbocycles. The minimum Gasteiger partial charge on any atom is -0.409 e.